The summed E-state index contributed by atoms with van der Waals surface area (Å²) in [6.07, 6.45) is 2.26. The van der Waals surface area contributed by atoms with Crippen molar-refractivity contribution in [3.05, 3.63) is 72.3 Å². The van der Waals surface area contributed by atoms with Crippen LogP contribution in [-0.4, -0.2) is 0 Å². The van der Waals surface area contributed by atoms with Crippen LogP contribution in [0.1, 0.15) is 18.9 Å². The van der Waals surface area contributed by atoms with Crippen LogP contribution >= 0.6 is 0 Å². The molecule has 0 saturated heterocycles. The summed E-state index contributed by atoms with van der Waals surface area (Å²) in [4.78, 5) is 0. The fourth-order valence-corrected chi connectivity index (χ4v) is 2.53. The molecule has 3 aromatic rings. The van der Waals surface area contributed by atoms with Gasteiger partial charge in [-0.05, 0) is 35.6 Å². The average molecular weight is 262 g/mol. The Morgan fingerprint density at radius 1 is 0.750 bits per heavy atom. The van der Waals surface area contributed by atoms with Crippen LogP contribution in [0.15, 0.2) is 66.7 Å². The second-order valence-electron chi connectivity index (χ2n) is 4.93. The number of benzene rings is 3. The summed E-state index contributed by atoms with van der Waals surface area (Å²) in [5, 5.41) is 2.48. The first-order valence-corrected chi connectivity index (χ1v) is 7.12. The van der Waals surface area contributed by atoms with Crippen molar-refractivity contribution in [1.29, 1.82) is 0 Å². The predicted molar refractivity (Wildman–Crippen MR) is 84.5 cm³/mol. The molecule has 0 spiro atoms. The van der Waals surface area contributed by atoms with Crippen LogP contribution in [0.3, 0.4) is 0 Å². The molecule has 0 heterocycles. The first kappa shape index (κ1) is 12.7. The Labute approximate surface area is 119 Å². The first-order valence-electron chi connectivity index (χ1n) is 7.12. The molecule has 0 aliphatic carbocycles. The van der Waals surface area contributed by atoms with E-state index in [4.69, 9.17) is 4.74 Å². The molecule has 0 aliphatic heterocycles. The van der Waals surface area contributed by atoms with E-state index >= 15 is 0 Å². The van der Waals surface area contributed by atoms with Gasteiger partial charge in [-0.1, -0.05) is 61.9 Å². The zero-order chi connectivity index (χ0) is 13.8. The topological polar surface area (TPSA) is 9.23 Å². The molecule has 0 unspecified atom stereocenters. The van der Waals surface area contributed by atoms with Crippen molar-refractivity contribution in [3.63, 3.8) is 0 Å². The van der Waals surface area contributed by atoms with Gasteiger partial charge in [0, 0.05) is 5.39 Å². The zero-order valence-corrected chi connectivity index (χ0v) is 11.7. The van der Waals surface area contributed by atoms with Gasteiger partial charge in [0.15, 0.2) is 0 Å². The monoisotopic (exact) mass is 262 g/mol. The van der Waals surface area contributed by atoms with Gasteiger partial charge < -0.3 is 4.74 Å². The molecule has 1 nitrogen and oxygen atoms in total. The number of rotatable bonds is 4. The van der Waals surface area contributed by atoms with E-state index in [1.165, 1.54) is 16.3 Å². The van der Waals surface area contributed by atoms with E-state index in [2.05, 4.69) is 43.3 Å². The van der Waals surface area contributed by atoms with Crippen LogP contribution in [0.5, 0.6) is 11.5 Å². The average Bonchev–Trinajstić information content (AvgIpc) is 2.51. The van der Waals surface area contributed by atoms with Gasteiger partial charge in [-0.2, -0.15) is 0 Å². The summed E-state index contributed by atoms with van der Waals surface area (Å²) < 4.78 is 6.02. The standard InChI is InChI=1S/C19H18O/c1-2-8-15-13-14-19(18-12-7-6-11-17(15)18)20-16-9-4-3-5-10-16/h3-7,9-14H,2,8H2,1H3. The number of para-hydroxylation sites is 1. The third kappa shape index (κ3) is 2.53. The van der Waals surface area contributed by atoms with Crippen molar-refractivity contribution >= 4 is 10.8 Å². The molecule has 0 bridgehead atoms. The minimum atomic E-state index is 0.876. The summed E-state index contributed by atoms with van der Waals surface area (Å²) in [7, 11) is 0. The van der Waals surface area contributed by atoms with E-state index < -0.39 is 0 Å². The van der Waals surface area contributed by atoms with Crippen LogP contribution in [0, 0.1) is 0 Å². The summed E-state index contributed by atoms with van der Waals surface area (Å²) in [6, 6.07) is 22.7. The van der Waals surface area contributed by atoms with Crippen molar-refractivity contribution < 1.29 is 4.74 Å². The summed E-state index contributed by atoms with van der Waals surface area (Å²) >= 11 is 0. The highest BCUT2D eigenvalue weighted by molar-refractivity contribution is 5.91. The quantitative estimate of drug-likeness (QED) is 0.596. The molecule has 0 N–H and O–H groups in total. The number of hydrogen-bond donors (Lipinski definition) is 0. The van der Waals surface area contributed by atoms with Crippen molar-refractivity contribution in [3.8, 4) is 11.5 Å². The van der Waals surface area contributed by atoms with Crippen molar-refractivity contribution in [2.24, 2.45) is 0 Å². The minimum absolute atomic E-state index is 0.876. The maximum atomic E-state index is 6.02. The van der Waals surface area contributed by atoms with Crippen LogP contribution in [0.25, 0.3) is 10.8 Å². The third-order valence-electron chi connectivity index (χ3n) is 3.46. The number of hydrogen-bond acceptors (Lipinski definition) is 1. The van der Waals surface area contributed by atoms with Gasteiger partial charge >= 0.3 is 0 Å². The fraction of sp³-hybridized carbons (Fsp3) is 0.158. The maximum absolute atomic E-state index is 6.02. The molecule has 0 atom stereocenters. The smallest absolute Gasteiger partial charge is 0.135 e. The van der Waals surface area contributed by atoms with Crippen molar-refractivity contribution in [1.82, 2.24) is 0 Å². The van der Waals surface area contributed by atoms with Crippen molar-refractivity contribution in [2.45, 2.75) is 19.8 Å². The number of aryl methyl sites for hydroxylation is 1. The number of ether oxygens (including phenoxy) is 1. The fourth-order valence-electron chi connectivity index (χ4n) is 2.53. The lowest BCUT2D eigenvalue weighted by molar-refractivity contribution is 0.488. The SMILES string of the molecule is CCCc1ccc(Oc2ccccc2)c2ccccc12. The molecule has 3 aromatic carbocycles. The largest absolute Gasteiger partial charge is 0.457 e. The maximum Gasteiger partial charge on any atom is 0.135 e. The summed E-state index contributed by atoms with van der Waals surface area (Å²) in [5.41, 5.74) is 1.39. The van der Waals surface area contributed by atoms with E-state index in [-0.39, 0.29) is 0 Å². The molecule has 1 heteroatoms. The third-order valence-corrected chi connectivity index (χ3v) is 3.46. The highest BCUT2D eigenvalue weighted by Gasteiger charge is 2.06. The van der Waals surface area contributed by atoms with Gasteiger partial charge in [0.05, 0.1) is 0 Å². The molecular formula is C19H18O. The van der Waals surface area contributed by atoms with E-state index in [0.717, 1.165) is 24.3 Å². The molecule has 0 radical (unpaired) electrons. The van der Waals surface area contributed by atoms with E-state index in [0.29, 0.717) is 0 Å². The van der Waals surface area contributed by atoms with E-state index in [9.17, 15) is 0 Å². The Bertz CT molecular complexity index is 701. The van der Waals surface area contributed by atoms with Crippen LogP contribution < -0.4 is 4.74 Å². The highest BCUT2D eigenvalue weighted by Crippen LogP contribution is 2.32. The van der Waals surface area contributed by atoms with Crippen LogP contribution in [0.4, 0.5) is 0 Å². The second-order valence-corrected chi connectivity index (χ2v) is 4.93. The lowest BCUT2D eigenvalue weighted by atomic mass is 10.0. The molecule has 0 aromatic heterocycles. The predicted octanol–water partition coefficient (Wildman–Crippen LogP) is 5.58. The first-order chi connectivity index (χ1) is 9.88. The van der Waals surface area contributed by atoms with Gasteiger partial charge in [0.2, 0.25) is 0 Å². The Morgan fingerprint density at radius 2 is 1.45 bits per heavy atom. The lowest BCUT2D eigenvalue weighted by Crippen LogP contribution is -1.90. The van der Waals surface area contributed by atoms with Crippen LogP contribution in [-0.2, 0) is 6.42 Å². The van der Waals surface area contributed by atoms with Gasteiger partial charge in [-0.3, -0.25) is 0 Å². The minimum Gasteiger partial charge on any atom is -0.457 e. The second kappa shape index (κ2) is 5.79. The summed E-state index contributed by atoms with van der Waals surface area (Å²) in [5.74, 6) is 1.80. The molecule has 0 amide bonds. The Balaban J connectivity index is 2.06. The Kier molecular flexibility index (Phi) is 3.69. The molecular weight excluding hydrogens is 244 g/mol. The van der Waals surface area contributed by atoms with Gasteiger partial charge in [0.1, 0.15) is 11.5 Å². The summed E-state index contributed by atoms with van der Waals surface area (Å²) in [6.45, 7) is 2.21. The molecule has 0 aliphatic rings. The zero-order valence-electron chi connectivity index (χ0n) is 11.7. The highest BCUT2D eigenvalue weighted by atomic mass is 16.5. The molecule has 100 valence electrons. The lowest BCUT2D eigenvalue weighted by Gasteiger charge is -2.12. The normalized spacial score (nSPS) is 10.7. The van der Waals surface area contributed by atoms with Crippen LogP contribution in [0.2, 0.25) is 0 Å². The molecule has 3 rings (SSSR count). The van der Waals surface area contributed by atoms with Gasteiger partial charge in [-0.15, -0.1) is 0 Å². The Morgan fingerprint density at radius 3 is 2.20 bits per heavy atom. The van der Waals surface area contributed by atoms with E-state index in [1.807, 2.05) is 30.3 Å². The molecule has 20 heavy (non-hydrogen) atoms. The van der Waals surface area contributed by atoms with Gasteiger partial charge in [-0.25, -0.2) is 0 Å². The van der Waals surface area contributed by atoms with Gasteiger partial charge in [0.25, 0.3) is 0 Å². The van der Waals surface area contributed by atoms with Crippen molar-refractivity contribution in [2.75, 3.05) is 0 Å². The Hall–Kier alpha value is -2.28. The van der Waals surface area contributed by atoms with E-state index in [1.54, 1.807) is 0 Å². The number of fused-ring (bicyclic) bond motifs is 1. The molecule has 0 fully saturated rings. The molecule has 0 saturated carbocycles.